The van der Waals surface area contributed by atoms with Crippen LogP contribution in [0, 0.1) is 11.8 Å². The van der Waals surface area contributed by atoms with Crippen LogP contribution in [0.1, 0.15) is 39.0 Å². The highest BCUT2D eigenvalue weighted by molar-refractivity contribution is 4.84. The minimum Gasteiger partial charge on any atom is -0.313 e. The van der Waals surface area contributed by atoms with E-state index in [4.69, 9.17) is 0 Å². The Morgan fingerprint density at radius 2 is 2.00 bits per heavy atom. The quantitative estimate of drug-likeness (QED) is 0.761. The topological polar surface area (TPSA) is 18.5 Å². The molecular weight excluding hydrogens is 234 g/mol. The molecule has 2 rings (SSSR count). The molecule has 3 nitrogen and oxygen atoms in total. The second-order valence-electron chi connectivity index (χ2n) is 6.85. The van der Waals surface area contributed by atoms with Crippen LogP contribution in [-0.2, 0) is 0 Å². The van der Waals surface area contributed by atoms with Crippen molar-refractivity contribution in [1.82, 2.24) is 15.1 Å². The third-order valence-electron chi connectivity index (χ3n) is 5.00. The largest absolute Gasteiger partial charge is 0.313 e. The third-order valence-corrected chi connectivity index (χ3v) is 5.00. The highest BCUT2D eigenvalue weighted by atomic mass is 15.2. The van der Waals surface area contributed by atoms with Crippen LogP contribution in [-0.4, -0.2) is 62.7 Å². The summed E-state index contributed by atoms with van der Waals surface area (Å²) >= 11 is 0. The lowest BCUT2D eigenvalue weighted by molar-refractivity contribution is 0.216. The molecule has 1 heterocycles. The van der Waals surface area contributed by atoms with Gasteiger partial charge in [-0.25, -0.2) is 0 Å². The Morgan fingerprint density at radius 1 is 1.26 bits per heavy atom. The summed E-state index contributed by atoms with van der Waals surface area (Å²) in [6.07, 6.45) is 7.17. The van der Waals surface area contributed by atoms with Crippen LogP contribution in [0.15, 0.2) is 0 Å². The standard InChI is InChI=1S/C16H33N3/c1-4-17-16(15-7-5-6-8-15)13-19(3)12-14-9-10-18(2)11-14/h14-17H,4-13H2,1-3H3. The first kappa shape index (κ1) is 15.3. The predicted octanol–water partition coefficient (Wildman–Crippen LogP) is 2.04. The van der Waals surface area contributed by atoms with Crippen molar-refractivity contribution in [3.8, 4) is 0 Å². The van der Waals surface area contributed by atoms with E-state index in [1.165, 1.54) is 58.3 Å². The van der Waals surface area contributed by atoms with E-state index in [1.54, 1.807) is 0 Å². The smallest absolute Gasteiger partial charge is 0.0222 e. The SMILES string of the molecule is CCNC(CN(C)CC1CCN(C)C1)C1CCCC1. The first-order valence-corrected chi connectivity index (χ1v) is 8.29. The molecule has 0 spiro atoms. The van der Waals surface area contributed by atoms with Gasteiger partial charge in [0.25, 0.3) is 0 Å². The summed E-state index contributed by atoms with van der Waals surface area (Å²) in [6.45, 7) is 8.45. The van der Waals surface area contributed by atoms with Crippen molar-refractivity contribution < 1.29 is 0 Å². The molecule has 19 heavy (non-hydrogen) atoms. The summed E-state index contributed by atoms with van der Waals surface area (Å²) in [7, 11) is 4.57. The molecule has 2 atom stereocenters. The molecule has 3 heteroatoms. The minimum absolute atomic E-state index is 0.719. The Balaban J connectivity index is 1.75. The minimum atomic E-state index is 0.719. The van der Waals surface area contributed by atoms with Crippen molar-refractivity contribution in [2.45, 2.75) is 45.1 Å². The molecule has 1 aliphatic carbocycles. The van der Waals surface area contributed by atoms with Crippen molar-refractivity contribution in [2.75, 3.05) is 46.8 Å². The van der Waals surface area contributed by atoms with Crippen LogP contribution < -0.4 is 5.32 Å². The summed E-state index contributed by atoms with van der Waals surface area (Å²) in [5, 5.41) is 3.74. The Bertz CT molecular complexity index is 250. The fourth-order valence-corrected chi connectivity index (χ4v) is 4.03. The van der Waals surface area contributed by atoms with Gasteiger partial charge in [-0.2, -0.15) is 0 Å². The van der Waals surface area contributed by atoms with Crippen molar-refractivity contribution in [2.24, 2.45) is 11.8 Å². The van der Waals surface area contributed by atoms with Gasteiger partial charge in [-0.15, -0.1) is 0 Å². The van der Waals surface area contributed by atoms with E-state index >= 15 is 0 Å². The van der Waals surface area contributed by atoms with Crippen molar-refractivity contribution in [1.29, 1.82) is 0 Å². The van der Waals surface area contributed by atoms with Crippen LogP contribution in [0.4, 0.5) is 0 Å². The highest BCUT2D eigenvalue weighted by Gasteiger charge is 2.27. The number of likely N-dealkylation sites (tertiary alicyclic amines) is 1. The molecule has 2 aliphatic rings. The molecule has 0 aromatic heterocycles. The van der Waals surface area contributed by atoms with Crippen LogP contribution >= 0.6 is 0 Å². The monoisotopic (exact) mass is 267 g/mol. The van der Waals surface area contributed by atoms with E-state index in [-0.39, 0.29) is 0 Å². The number of likely N-dealkylation sites (N-methyl/N-ethyl adjacent to an activating group) is 2. The van der Waals surface area contributed by atoms with Gasteiger partial charge in [-0.3, -0.25) is 0 Å². The van der Waals surface area contributed by atoms with Crippen LogP contribution in [0.25, 0.3) is 0 Å². The summed E-state index contributed by atoms with van der Waals surface area (Å²) in [6, 6.07) is 0.719. The molecule has 2 unspecified atom stereocenters. The van der Waals surface area contributed by atoms with Crippen molar-refractivity contribution >= 4 is 0 Å². The molecular formula is C16H33N3. The Hall–Kier alpha value is -0.120. The molecule has 0 amide bonds. The maximum absolute atomic E-state index is 3.74. The van der Waals surface area contributed by atoms with Gasteiger partial charge in [0.2, 0.25) is 0 Å². The molecule has 0 aromatic rings. The van der Waals surface area contributed by atoms with Crippen LogP contribution in [0.5, 0.6) is 0 Å². The van der Waals surface area contributed by atoms with Gasteiger partial charge in [0, 0.05) is 25.7 Å². The summed E-state index contributed by atoms with van der Waals surface area (Å²) in [4.78, 5) is 5.05. The normalized spacial score (nSPS) is 27.5. The Labute approximate surface area is 119 Å². The van der Waals surface area contributed by atoms with Gasteiger partial charge in [0.1, 0.15) is 0 Å². The van der Waals surface area contributed by atoms with Crippen molar-refractivity contribution in [3.05, 3.63) is 0 Å². The molecule has 1 saturated heterocycles. The summed E-state index contributed by atoms with van der Waals surface area (Å²) < 4.78 is 0. The van der Waals surface area contributed by atoms with Crippen LogP contribution in [0.2, 0.25) is 0 Å². The summed E-state index contributed by atoms with van der Waals surface area (Å²) in [5.41, 5.74) is 0. The van der Waals surface area contributed by atoms with Gasteiger partial charge in [0.15, 0.2) is 0 Å². The second-order valence-corrected chi connectivity index (χ2v) is 6.85. The van der Waals surface area contributed by atoms with E-state index in [2.05, 4.69) is 36.1 Å². The number of hydrogen-bond donors (Lipinski definition) is 1. The lowest BCUT2D eigenvalue weighted by atomic mass is 9.97. The third kappa shape index (κ3) is 4.73. The Kier molecular flexibility index (Phi) is 6.11. The van der Waals surface area contributed by atoms with Crippen molar-refractivity contribution in [3.63, 3.8) is 0 Å². The maximum atomic E-state index is 3.74. The first-order valence-electron chi connectivity index (χ1n) is 8.29. The molecule has 1 aliphatic heterocycles. The van der Waals surface area contributed by atoms with Gasteiger partial charge in [-0.05, 0) is 58.3 Å². The number of rotatable bonds is 7. The van der Waals surface area contributed by atoms with E-state index in [0.717, 1.165) is 24.4 Å². The lowest BCUT2D eigenvalue weighted by Crippen LogP contribution is -2.45. The summed E-state index contributed by atoms with van der Waals surface area (Å²) in [5.74, 6) is 1.81. The van der Waals surface area contributed by atoms with E-state index < -0.39 is 0 Å². The van der Waals surface area contributed by atoms with Crippen LogP contribution in [0.3, 0.4) is 0 Å². The van der Waals surface area contributed by atoms with E-state index in [9.17, 15) is 0 Å². The van der Waals surface area contributed by atoms with Gasteiger partial charge < -0.3 is 15.1 Å². The maximum Gasteiger partial charge on any atom is 0.0222 e. The zero-order valence-electron chi connectivity index (χ0n) is 13.2. The lowest BCUT2D eigenvalue weighted by Gasteiger charge is -2.30. The van der Waals surface area contributed by atoms with Gasteiger partial charge >= 0.3 is 0 Å². The van der Waals surface area contributed by atoms with E-state index in [0.29, 0.717) is 0 Å². The zero-order valence-corrected chi connectivity index (χ0v) is 13.2. The molecule has 0 aromatic carbocycles. The highest BCUT2D eigenvalue weighted by Crippen LogP contribution is 2.28. The molecule has 1 saturated carbocycles. The molecule has 2 fully saturated rings. The van der Waals surface area contributed by atoms with Gasteiger partial charge in [-0.1, -0.05) is 19.8 Å². The zero-order chi connectivity index (χ0) is 13.7. The fraction of sp³-hybridized carbons (Fsp3) is 1.00. The van der Waals surface area contributed by atoms with E-state index in [1.807, 2.05) is 0 Å². The molecule has 0 bridgehead atoms. The molecule has 0 radical (unpaired) electrons. The molecule has 1 N–H and O–H groups in total. The number of nitrogens with one attached hydrogen (secondary N) is 1. The molecule has 112 valence electrons. The second kappa shape index (κ2) is 7.61. The fourth-order valence-electron chi connectivity index (χ4n) is 4.03. The van der Waals surface area contributed by atoms with Gasteiger partial charge in [0.05, 0.1) is 0 Å². The average molecular weight is 267 g/mol. The average Bonchev–Trinajstić information content (AvgIpc) is 3.00. The number of hydrogen-bond acceptors (Lipinski definition) is 3. The first-order chi connectivity index (χ1) is 9.19. The predicted molar refractivity (Wildman–Crippen MR) is 82.5 cm³/mol. The number of nitrogens with zero attached hydrogens (tertiary/aromatic N) is 2. The Morgan fingerprint density at radius 3 is 2.58 bits per heavy atom.